The fourth-order valence-corrected chi connectivity index (χ4v) is 4.66. The maximum absolute atomic E-state index is 12.9. The highest BCUT2D eigenvalue weighted by atomic mass is 32.2. The molecule has 0 amide bonds. The van der Waals surface area contributed by atoms with Gasteiger partial charge in [0, 0.05) is 13.1 Å². The quantitative estimate of drug-likeness (QED) is 0.682. The van der Waals surface area contributed by atoms with E-state index in [-0.39, 0.29) is 9.90 Å². The van der Waals surface area contributed by atoms with Crippen molar-refractivity contribution in [1.29, 1.82) is 0 Å². The summed E-state index contributed by atoms with van der Waals surface area (Å²) in [5, 5.41) is 3.82. The largest absolute Gasteiger partial charge is 0.497 e. The van der Waals surface area contributed by atoms with Gasteiger partial charge in [-0.3, -0.25) is 9.40 Å². The van der Waals surface area contributed by atoms with E-state index in [4.69, 9.17) is 4.74 Å². The average molecular weight is 417 g/mol. The number of thiophene rings is 1. The minimum atomic E-state index is -4.54. The van der Waals surface area contributed by atoms with Crippen molar-refractivity contribution >= 4 is 27.0 Å². The van der Waals surface area contributed by atoms with E-state index in [9.17, 15) is 21.6 Å². The normalized spacial score (nSPS) is 12.2. The van der Waals surface area contributed by atoms with Crippen molar-refractivity contribution in [2.45, 2.75) is 10.4 Å². The van der Waals surface area contributed by atoms with Gasteiger partial charge in [0.2, 0.25) is 0 Å². The van der Waals surface area contributed by atoms with Gasteiger partial charge in [-0.2, -0.15) is 18.3 Å². The van der Waals surface area contributed by atoms with Crippen molar-refractivity contribution in [2.24, 2.45) is 7.05 Å². The summed E-state index contributed by atoms with van der Waals surface area (Å²) < 4.78 is 71.9. The summed E-state index contributed by atoms with van der Waals surface area (Å²) in [6, 6.07) is 10.0. The maximum Gasteiger partial charge on any atom is 0.433 e. The van der Waals surface area contributed by atoms with Gasteiger partial charge < -0.3 is 4.74 Å². The second-order valence-electron chi connectivity index (χ2n) is 5.49. The van der Waals surface area contributed by atoms with Crippen molar-refractivity contribution < 1.29 is 26.3 Å². The Hall–Kier alpha value is -2.53. The van der Waals surface area contributed by atoms with Gasteiger partial charge in [0.15, 0.2) is 0 Å². The summed E-state index contributed by atoms with van der Waals surface area (Å²) in [5.74, 6) is 0.482. The molecule has 0 spiro atoms. The van der Waals surface area contributed by atoms with Gasteiger partial charge >= 0.3 is 6.18 Å². The number of nitrogens with zero attached hydrogens (tertiary/aromatic N) is 2. The molecule has 11 heteroatoms. The summed E-state index contributed by atoms with van der Waals surface area (Å²) in [5.41, 5.74) is -0.552. The number of rotatable bonds is 5. The first-order chi connectivity index (χ1) is 12.6. The third kappa shape index (κ3) is 4.08. The van der Waals surface area contributed by atoms with Crippen LogP contribution in [0.4, 0.5) is 18.9 Å². The molecule has 0 fully saturated rings. The van der Waals surface area contributed by atoms with Gasteiger partial charge in [-0.25, -0.2) is 8.42 Å². The highest BCUT2D eigenvalue weighted by Crippen LogP contribution is 2.35. The van der Waals surface area contributed by atoms with Crippen LogP contribution in [0, 0.1) is 0 Å². The van der Waals surface area contributed by atoms with Crippen LogP contribution in [0.25, 0.3) is 10.6 Å². The van der Waals surface area contributed by atoms with Crippen LogP contribution in [0.2, 0.25) is 0 Å². The number of halogens is 3. The monoisotopic (exact) mass is 417 g/mol. The number of sulfonamides is 1. The van der Waals surface area contributed by atoms with Gasteiger partial charge in [0.25, 0.3) is 10.0 Å². The van der Waals surface area contributed by atoms with Gasteiger partial charge in [-0.15, -0.1) is 11.3 Å². The first kappa shape index (κ1) is 19.2. The van der Waals surface area contributed by atoms with Crippen molar-refractivity contribution in [2.75, 3.05) is 11.8 Å². The topological polar surface area (TPSA) is 73.2 Å². The summed E-state index contributed by atoms with van der Waals surface area (Å²) in [7, 11) is -1.26. The highest BCUT2D eigenvalue weighted by molar-refractivity contribution is 7.94. The maximum atomic E-state index is 12.9. The molecule has 0 saturated carbocycles. The van der Waals surface area contributed by atoms with Gasteiger partial charge in [-0.1, -0.05) is 6.07 Å². The molecule has 144 valence electrons. The van der Waals surface area contributed by atoms with Crippen LogP contribution in [0.1, 0.15) is 5.69 Å². The Morgan fingerprint density at radius 3 is 2.56 bits per heavy atom. The Morgan fingerprint density at radius 1 is 1.19 bits per heavy atom. The predicted molar refractivity (Wildman–Crippen MR) is 95.3 cm³/mol. The molecule has 2 aromatic heterocycles. The molecule has 0 aliphatic heterocycles. The SMILES string of the molecule is COc1cccc(NS(=O)(=O)c2ccc(-c3cc(C(F)(F)F)n(C)n3)s2)c1. The second kappa shape index (κ2) is 6.89. The third-order valence-electron chi connectivity index (χ3n) is 3.59. The molecule has 6 nitrogen and oxygen atoms in total. The third-order valence-corrected chi connectivity index (χ3v) is 6.57. The summed E-state index contributed by atoms with van der Waals surface area (Å²) in [6.45, 7) is 0. The van der Waals surface area contributed by atoms with Crippen LogP contribution in [-0.2, 0) is 23.2 Å². The lowest BCUT2D eigenvalue weighted by Gasteiger charge is -2.07. The van der Waals surface area contributed by atoms with E-state index in [1.54, 1.807) is 18.2 Å². The Kier molecular flexibility index (Phi) is 4.91. The lowest BCUT2D eigenvalue weighted by Crippen LogP contribution is -2.11. The van der Waals surface area contributed by atoms with Crippen molar-refractivity contribution in [3.05, 3.63) is 48.2 Å². The van der Waals surface area contributed by atoms with E-state index in [0.717, 1.165) is 22.1 Å². The molecule has 3 rings (SSSR count). The van der Waals surface area contributed by atoms with E-state index < -0.39 is 21.9 Å². The molecule has 0 atom stereocenters. The molecular weight excluding hydrogens is 403 g/mol. The van der Waals surface area contributed by atoms with E-state index in [0.29, 0.717) is 16.3 Å². The van der Waals surface area contributed by atoms with Crippen molar-refractivity contribution in [3.8, 4) is 16.3 Å². The van der Waals surface area contributed by atoms with Gasteiger partial charge in [0.1, 0.15) is 21.3 Å². The first-order valence-electron chi connectivity index (χ1n) is 7.48. The Morgan fingerprint density at radius 2 is 1.93 bits per heavy atom. The van der Waals surface area contributed by atoms with Crippen LogP contribution in [0.3, 0.4) is 0 Å². The first-order valence-corrected chi connectivity index (χ1v) is 9.78. The number of alkyl halides is 3. The number of hydrogen-bond donors (Lipinski definition) is 1. The lowest BCUT2D eigenvalue weighted by molar-refractivity contribution is -0.143. The number of methoxy groups -OCH3 is 1. The van der Waals surface area contributed by atoms with E-state index in [1.807, 2.05) is 0 Å². The fraction of sp³-hybridized carbons (Fsp3) is 0.188. The van der Waals surface area contributed by atoms with Gasteiger partial charge in [-0.05, 0) is 30.3 Å². The minimum Gasteiger partial charge on any atom is -0.497 e. The molecule has 0 bridgehead atoms. The molecule has 1 aromatic carbocycles. The van der Waals surface area contributed by atoms with Crippen LogP contribution in [-0.4, -0.2) is 25.3 Å². The summed E-state index contributed by atoms with van der Waals surface area (Å²) in [6.07, 6.45) is -4.54. The Labute approximate surface area is 157 Å². The van der Waals surface area contributed by atoms with E-state index in [2.05, 4.69) is 9.82 Å². The molecule has 0 saturated heterocycles. The smallest absolute Gasteiger partial charge is 0.433 e. The number of anilines is 1. The number of nitrogens with one attached hydrogen (secondary N) is 1. The zero-order valence-corrected chi connectivity index (χ0v) is 15.7. The predicted octanol–water partition coefficient (Wildman–Crippen LogP) is 3.98. The number of aryl methyl sites for hydroxylation is 1. The highest BCUT2D eigenvalue weighted by Gasteiger charge is 2.35. The van der Waals surface area contributed by atoms with Crippen LogP contribution >= 0.6 is 11.3 Å². The summed E-state index contributed by atoms with van der Waals surface area (Å²) in [4.78, 5) is 0.312. The molecule has 27 heavy (non-hydrogen) atoms. The standard InChI is InChI=1S/C16H14F3N3O3S2/c1-22-14(16(17,18)19)9-12(20-22)13-6-7-15(26-13)27(23,24)21-10-4-3-5-11(8-10)25-2/h3-9,21H,1-2H3. The van der Waals surface area contributed by atoms with Crippen LogP contribution in [0.5, 0.6) is 5.75 Å². The molecule has 1 N–H and O–H groups in total. The van der Waals surface area contributed by atoms with Crippen LogP contribution in [0.15, 0.2) is 46.7 Å². The van der Waals surface area contributed by atoms with Crippen molar-refractivity contribution in [3.63, 3.8) is 0 Å². The summed E-state index contributed by atoms with van der Waals surface area (Å²) >= 11 is 0.830. The number of benzene rings is 1. The van der Waals surface area contributed by atoms with Gasteiger partial charge in [0.05, 0.1) is 17.7 Å². The molecule has 0 unspecified atom stereocenters. The number of aromatic nitrogens is 2. The number of ether oxygens (including phenoxy) is 1. The van der Waals surface area contributed by atoms with E-state index in [1.165, 1.54) is 32.4 Å². The molecule has 0 aliphatic carbocycles. The zero-order chi connectivity index (χ0) is 19.8. The molecule has 3 aromatic rings. The van der Waals surface area contributed by atoms with Crippen molar-refractivity contribution in [1.82, 2.24) is 9.78 Å². The lowest BCUT2D eigenvalue weighted by atomic mass is 10.3. The Bertz CT molecular complexity index is 1070. The second-order valence-corrected chi connectivity index (χ2v) is 8.49. The van der Waals surface area contributed by atoms with E-state index >= 15 is 0 Å². The average Bonchev–Trinajstić information content (AvgIpc) is 3.21. The zero-order valence-electron chi connectivity index (χ0n) is 14.1. The molecular formula is C16H14F3N3O3S2. The minimum absolute atomic E-state index is 0.0421. The molecule has 0 radical (unpaired) electrons. The Balaban J connectivity index is 1.88. The van der Waals surface area contributed by atoms with Crippen LogP contribution < -0.4 is 9.46 Å². The number of hydrogen-bond acceptors (Lipinski definition) is 5. The molecule has 2 heterocycles. The molecule has 0 aliphatic rings. The fourth-order valence-electron chi connectivity index (χ4n) is 2.35.